The van der Waals surface area contributed by atoms with Crippen LogP contribution in [0.4, 0.5) is 4.79 Å². The first kappa shape index (κ1) is 40.3. The number of amides is 2. The van der Waals surface area contributed by atoms with Crippen LogP contribution in [0.25, 0.3) is 11.1 Å². The average Bonchev–Trinajstić information content (AvgIpc) is 3.37. The normalized spacial score (nSPS) is 21.1. The molecule has 0 spiro atoms. The fourth-order valence-electron chi connectivity index (χ4n) is 6.10. The minimum atomic E-state index is -1.60. The van der Waals surface area contributed by atoms with Crippen molar-refractivity contribution in [2.24, 2.45) is 0 Å². The van der Waals surface area contributed by atoms with Gasteiger partial charge >= 0.3 is 35.9 Å². The Kier molecular flexibility index (Phi) is 13.2. The van der Waals surface area contributed by atoms with Gasteiger partial charge in [-0.15, -0.1) is 0 Å². The highest BCUT2D eigenvalue weighted by Crippen LogP contribution is 2.44. The molecule has 1 aliphatic carbocycles. The Labute approximate surface area is 306 Å². The van der Waals surface area contributed by atoms with Crippen LogP contribution < -0.4 is 10.6 Å². The minimum absolute atomic E-state index is 0.0716. The Morgan fingerprint density at radius 1 is 0.698 bits per heavy atom. The van der Waals surface area contributed by atoms with Gasteiger partial charge in [0.15, 0.2) is 24.5 Å². The second-order valence-electron chi connectivity index (χ2n) is 13.4. The third-order valence-corrected chi connectivity index (χ3v) is 8.01. The molecule has 2 aromatic carbocycles. The summed E-state index contributed by atoms with van der Waals surface area (Å²) in [5.41, 5.74) is 2.96. The summed E-state index contributed by atoms with van der Waals surface area (Å²) in [6.45, 7) is 8.52. The number of hydrogen-bond acceptors (Lipinski definition) is 14. The molecule has 1 fully saturated rings. The summed E-state index contributed by atoms with van der Waals surface area (Å²) < 4.78 is 38.2. The molecule has 286 valence electrons. The van der Waals surface area contributed by atoms with Gasteiger partial charge in [0.05, 0.1) is 6.42 Å². The fourth-order valence-corrected chi connectivity index (χ4v) is 6.10. The van der Waals surface area contributed by atoms with Crippen molar-refractivity contribution in [3.05, 3.63) is 59.7 Å². The zero-order valence-electron chi connectivity index (χ0n) is 30.5. The van der Waals surface area contributed by atoms with Gasteiger partial charge in [0.25, 0.3) is 0 Å². The lowest BCUT2D eigenvalue weighted by Crippen LogP contribution is -2.66. The number of benzene rings is 2. The summed E-state index contributed by atoms with van der Waals surface area (Å²) in [6, 6.07) is 13.9. The highest BCUT2D eigenvalue weighted by Gasteiger charge is 2.53. The summed E-state index contributed by atoms with van der Waals surface area (Å²) in [4.78, 5) is 88.1. The first-order chi connectivity index (χ1) is 24.9. The molecule has 4 rings (SSSR count). The lowest BCUT2D eigenvalue weighted by atomic mass is 9.97. The molecule has 2 unspecified atom stereocenters. The highest BCUT2D eigenvalue weighted by molar-refractivity contribution is 5.88. The molecule has 16 nitrogen and oxygen atoms in total. The van der Waals surface area contributed by atoms with Crippen LogP contribution in [0.1, 0.15) is 71.9 Å². The van der Waals surface area contributed by atoms with Crippen molar-refractivity contribution in [1.82, 2.24) is 10.6 Å². The summed E-state index contributed by atoms with van der Waals surface area (Å²) in [7, 11) is 0. The van der Waals surface area contributed by atoms with Gasteiger partial charge in [-0.2, -0.15) is 0 Å². The number of nitrogens with one attached hydrogen (secondary N) is 2. The predicted octanol–water partition coefficient (Wildman–Crippen LogP) is 2.82. The van der Waals surface area contributed by atoms with E-state index in [1.54, 1.807) is 20.8 Å². The quantitative estimate of drug-likeness (QED) is 0.237. The standard InChI is InChI=1S/C37H44N2O14/c1-19(40)47-18-29-31(49-20(2)41)32(50-21(3)42)33(51-22(4)43)34(52-29)39-30(44)16-28(35(45)53-37(5,6)7)38-36(46)48-17-27-25-14-10-8-12-23(25)24-13-9-11-15-26(24)27/h8-15,27-29,31-34H,16-18H2,1-7H3,(H,38,46)(H,39,44)/t28-,29?,31-,32+,33?,34+/m0/s1. The van der Waals surface area contributed by atoms with Crippen molar-refractivity contribution >= 4 is 41.8 Å². The maximum atomic E-state index is 13.6. The topological polar surface area (TPSA) is 208 Å². The van der Waals surface area contributed by atoms with Crippen LogP contribution in [-0.4, -0.2) is 97.3 Å². The number of esters is 5. The SMILES string of the molecule is CC(=O)OCC1O[C@@H](NC(=O)C[C@H](NC(=O)OCC2c3ccccc3-c3ccccc32)C(=O)OC(C)(C)C)C(OC(C)=O)[C@H](OC(C)=O)[C@H]1OC(C)=O. The van der Waals surface area contributed by atoms with Gasteiger partial charge in [-0.05, 0) is 43.0 Å². The van der Waals surface area contributed by atoms with E-state index in [2.05, 4.69) is 10.6 Å². The molecule has 53 heavy (non-hydrogen) atoms. The molecule has 0 bridgehead atoms. The van der Waals surface area contributed by atoms with Crippen LogP contribution in [0.15, 0.2) is 48.5 Å². The zero-order chi connectivity index (χ0) is 39.0. The number of carbonyl (C=O) groups is 7. The third-order valence-electron chi connectivity index (χ3n) is 8.01. The molecule has 2 amide bonds. The Bertz CT molecular complexity index is 1670. The van der Waals surface area contributed by atoms with Crippen molar-refractivity contribution in [3.63, 3.8) is 0 Å². The Morgan fingerprint density at radius 3 is 1.75 bits per heavy atom. The minimum Gasteiger partial charge on any atom is -0.463 e. The summed E-state index contributed by atoms with van der Waals surface area (Å²) in [5, 5.41) is 4.90. The maximum absolute atomic E-state index is 13.6. The summed E-state index contributed by atoms with van der Waals surface area (Å²) in [5.74, 6) is -5.44. The summed E-state index contributed by atoms with van der Waals surface area (Å²) >= 11 is 0. The molecule has 16 heteroatoms. The van der Waals surface area contributed by atoms with Crippen LogP contribution in [0.2, 0.25) is 0 Å². The van der Waals surface area contributed by atoms with E-state index in [0.29, 0.717) is 0 Å². The van der Waals surface area contributed by atoms with Gasteiger partial charge in [-0.25, -0.2) is 9.59 Å². The molecule has 1 saturated heterocycles. The molecule has 2 aromatic rings. The summed E-state index contributed by atoms with van der Waals surface area (Å²) in [6.07, 6.45) is -9.22. The highest BCUT2D eigenvalue weighted by atomic mass is 16.7. The second-order valence-corrected chi connectivity index (χ2v) is 13.4. The second kappa shape index (κ2) is 17.3. The van der Waals surface area contributed by atoms with Gasteiger partial charge in [0, 0.05) is 33.6 Å². The molecule has 1 heterocycles. The van der Waals surface area contributed by atoms with Crippen LogP contribution in [-0.2, 0) is 61.9 Å². The van der Waals surface area contributed by atoms with E-state index in [1.807, 2.05) is 48.5 Å². The van der Waals surface area contributed by atoms with Crippen molar-refractivity contribution in [1.29, 1.82) is 0 Å². The maximum Gasteiger partial charge on any atom is 0.407 e. The van der Waals surface area contributed by atoms with Gasteiger partial charge < -0.3 is 43.8 Å². The molecule has 6 atom stereocenters. The van der Waals surface area contributed by atoms with Gasteiger partial charge in [-0.3, -0.25) is 24.0 Å². The lowest BCUT2D eigenvalue weighted by Gasteiger charge is -2.44. The van der Waals surface area contributed by atoms with E-state index >= 15 is 0 Å². The Hall–Kier alpha value is -5.51. The number of fused-ring (bicyclic) bond motifs is 3. The van der Waals surface area contributed by atoms with Crippen molar-refractivity contribution in [2.75, 3.05) is 13.2 Å². The van der Waals surface area contributed by atoms with E-state index in [0.717, 1.165) is 49.9 Å². The van der Waals surface area contributed by atoms with Gasteiger partial charge in [-0.1, -0.05) is 48.5 Å². The van der Waals surface area contributed by atoms with Crippen LogP contribution in [0.3, 0.4) is 0 Å². The van der Waals surface area contributed by atoms with E-state index in [-0.39, 0.29) is 12.5 Å². The molecule has 0 aromatic heterocycles. The van der Waals surface area contributed by atoms with E-state index in [4.69, 9.17) is 33.2 Å². The fraction of sp³-hybridized carbons (Fsp3) is 0.486. The average molecular weight is 741 g/mol. The first-order valence-corrected chi connectivity index (χ1v) is 16.9. The molecule has 0 saturated carbocycles. The van der Waals surface area contributed by atoms with Crippen LogP contribution in [0.5, 0.6) is 0 Å². The van der Waals surface area contributed by atoms with Crippen molar-refractivity contribution in [3.8, 4) is 11.1 Å². The molecule has 2 N–H and O–H groups in total. The molecular weight excluding hydrogens is 696 g/mol. The molecule has 2 aliphatic rings. The smallest absolute Gasteiger partial charge is 0.407 e. The largest absolute Gasteiger partial charge is 0.463 e. The van der Waals surface area contributed by atoms with E-state index in [9.17, 15) is 33.6 Å². The van der Waals surface area contributed by atoms with Crippen molar-refractivity contribution < 1.29 is 66.7 Å². The molecular formula is C37H44N2O14. The predicted molar refractivity (Wildman–Crippen MR) is 183 cm³/mol. The molecule has 0 radical (unpaired) electrons. The first-order valence-electron chi connectivity index (χ1n) is 16.9. The lowest BCUT2D eigenvalue weighted by molar-refractivity contribution is -0.257. The molecule has 1 aliphatic heterocycles. The number of hydrogen-bond donors (Lipinski definition) is 2. The number of ether oxygens (including phenoxy) is 7. The number of alkyl carbamates (subject to hydrolysis) is 1. The number of rotatable bonds is 12. The van der Waals surface area contributed by atoms with Crippen molar-refractivity contribution in [2.45, 2.75) is 103 Å². The zero-order valence-corrected chi connectivity index (χ0v) is 30.5. The van der Waals surface area contributed by atoms with Gasteiger partial charge in [0.1, 0.15) is 31.0 Å². The van der Waals surface area contributed by atoms with E-state index in [1.165, 1.54) is 0 Å². The monoisotopic (exact) mass is 740 g/mol. The number of carbonyl (C=O) groups excluding carboxylic acids is 7. The third kappa shape index (κ3) is 11.0. The van der Waals surface area contributed by atoms with Crippen LogP contribution in [0, 0.1) is 0 Å². The van der Waals surface area contributed by atoms with Gasteiger partial charge in [0.2, 0.25) is 5.91 Å². The van der Waals surface area contributed by atoms with Crippen LogP contribution >= 0.6 is 0 Å². The van der Waals surface area contributed by atoms with E-state index < -0.39 is 97.2 Å². The Balaban J connectivity index is 1.54. The Morgan fingerprint density at radius 2 is 1.23 bits per heavy atom.